The van der Waals surface area contributed by atoms with Crippen molar-refractivity contribution in [2.45, 2.75) is 31.2 Å². The summed E-state index contributed by atoms with van der Waals surface area (Å²) in [6, 6.07) is 13.4. The summed E-state index contributed by atoms with van der Waals surface area (Å²) < 4.78 is 26.5. The van der Waals surface area contributed by atoms with Gasteiger partial charge in [-0.3, -0.25) is 4.79 Å². The molecule has 150 valence electrons. The van der Waals surface area contributed by atoms with Crippen molar-refractivity contribution < 1.29 is 13.2 Å². The van der Waals surface area contributed by atoms with Crippen molar-refractivity contribution >= 4 is 21.6 Å². The molecule has 0 aliphatic carbocycles. The van der Waals surface area contributed by atoms with Crippen LogP contribution in [0.2, 0.25) is 0 Å². The minimum atomic E-state index is -3.61. The van der Waals surface area contributed by atoms with Gasteiger partial charge in [0.25, 0.3) is 5.91 Å². The van der Waals surface area contributed by atoms with Crippen LogP contribution in [0.1, 0.15) is 27.9 Å². The van der Waals surface area contributed by atoms with Gasteiger partial charge < -0.3 is 10.2 Å². The first-order valence-corrected chi connectivity index (χ1v) is 10.8. The number of nitrogens with zero attached hydrogens (tertiary/aromatic N) is 2. The molecule has 0 aromatic heterocycles. The van der Waals surface area contributed by atoms with Crippen LogP contribution in [-0.2, 0) is 10.0 Å². The topological polar surface area (TPSA) is 69.7 Å². The van der Waals surface area contributed by atoms with Crippen molar-refractivity contribution in [3.05, 3.63) is 59.2 Å². The van der Waals surface area contributed by atoms with E-state index in [1.807, 2.05) is 37.3 Å². The van der Waals surface area contributed by atoms with Crippen molar-refractivity contribution in [3.63, 3.8) is 0 Å². The Labute approximate surface area is 167 Å². The van der Waals surface area contributed by atoms with E-state index >= 15 is 0 Å². The average Bonchev–Trinajstić information content (AvgIpc) is 3.12. The van der Waals surface area contributed by atoms with E-state index < -0.39 is 10.0 Å². The molecule has 1 amide bonds. The fraction of sp³-hybridized carbons (Fsp3) is 0.381. The molecule has 2 aromatic rings. The van der Waals surface area contributed by atoms with Crippen LogP contribution in [0.5, 0.6) is 0 Å². The second-order valence-corrected chi connectivity index (χ2v) is 9.57. The van der Waals surface area contributed by atoms with Gasteiger partial charge in [0, 0.05) is 44.5 Å². The van der Waals surface area contributed by atoms with E-state index in [-0.39, 0.29) is 16.8 Å². The molecule has 0 spiro atoms. The van der Waals surface area contributed by atoms with Crippen LogP contribution < -0.4 is 5.32 Å². The van der Waals surface area contributed by atoms with Crippen LogP contribution in [-0.4, -0.2) is 56.8 Å². The SMILES string of the molecule is Cc1cc(C(=O)N2CCC(Nc3ccccc3)C2)cc(S(=O)(=O)N(C)C)c1C. The standard InChI is InChI=1S/C21H27N3O3S/c1-15-12-17(13-20(16(15)2)28(26,27)23(3)4)21(25)24-11-10-19(14-24)22-18-8-6-5-7-9-18/h5-9,12-13,19,22H,10-11,14H2,1-4H3. The lowest BCUT2D eigenvalue weighted by molar-refractivity contribution is 0.0791. The summed E-state index contributed by atoms with van der Waals surface area (Å²) in [7, 11) is -0.613. The highest BCUT2D eigenvalue weighted by Crippen LogP contribution is 2.25. The highest BCUT2D eigenvalue weighted by atomic mass is 32.2. The summed E-state index contributed by atoms with van der Waals surface area (Å²) in [4.78, 5) is 15.0. The summed E-state index contributed by atoms with van der Waals surface area (Å²) in [5, 5.41) is 3.45. The van der Waals surface area contributed by atoms with Gasteiger partial charge >= 0.3 is 0 Å². The number of anilines is 1. The van der Waals surface area contributed by atoms with Gasteiger partial charge in [-0.1, -0.05) is 18.2 Å². The molecule has 28 heavy (non-hydrogen) atoms. The van der Waals surface area contributed by atoms with Gasteiger partial charge in [0.05, 0.1) is 4.90 Å². The smallest absolute Gasteiger partial charge is 0.253 e. The Hall–Kier alpha value is -2.38. The Kier molecular flexibility index (Phi) is 5.76. The Bertz CT molecular complexity index is 972. The highest BCUT2D eigenvalue weighted by molar-refractivity contribution is 7.89. The van der Waals surface area contributed by atoms with E-state index in [1.165, 1.54) is 24.5 Å². The monoisotopic (exact) mass is 401 g/mol. The Morgan fingerprint density at radius 3 is 2.46 bits per heavy atom. The molecule has 0 saturated carbocycles. The first-order chi connectivity index (χ1) is 13.2. The highest BCUT2D eigenvalue weighted by Gasteiger charge is 2.29. The predicted molar refractivity (Wildman–Crippen MR) is 111 cm³/mol. The number of benzene rings is 2. The lowest BCUT2D eigenvalue weighted by Crippen LogP contribution is -2.32. The quantitative estimate of drug-likeness (QED) is 0.836. The Balaban J connectivity index is 1.81. The van der Waals surface area contributed by atoms with E-state index in [0.29, 0.717) is 24.2 Å². The molecule has 1 atom stereocenters. The molecule has 3 rings (SSSR count). The van der Waals surface area contributed by atoms with Gasteiger partial charge in [-0.25, -0.2) is 12.7 Å². The van der Waals surface area contributed by atoms with Crippen molar-refractivity contribution in [2.24, 2.45) is 0 Å². The Morgan fingerprint density at radius 1 is 1.14 bits per heavy atom. The molecular formula is C21H27N3O3S. The van der Waals surface area contributed by atoms with E-state index in [1.54, 1.807) is 17.9 Å². The van der Waals surface area contributed by atoms with Gasteiger partial charge in [0.1, 0.15) is 0 Å². The molecule has 1 heterocycles. The fourth-order valence-electron chi connectivity index (χ4n) is 3.43. The second-order valence-electron chi connectivity index (χ2n) is 7.45. The molecule has 0 radical (unpaired) electrons. The van der Waals surface area contributed by atoms with E-state index in [2.05, 4.69) is 5.32 Å². The zero-order chi connectivity index (χ0) is 20.5. The lowest BCUT2D eigenvalue weighted by atomic mass is 10.1. The van der Waals surface area contributed by atoms with Gasteiger partial charge in [-0.05, 0) is 55.7 Å². The number of hydrogen-bond donors (Lipinski definition) is 1. The third-order valence-corrected chi connectivity index (χ3v) is 7.19. The molecule has 1 N–H and O–H groups in total. The third kappa shape index (κ3) is 4.05. The number of amides is 1. The first kappa shape index (κ1) is 20.4. The van der Waals surface area contributed by atoms with Crippen molar-refractivity contribution in [2.75, 3.05) is 32.5 Å². The molecule has 1 unspecified atom stereocenters. The molecule has 1 aliphatic heterocycles. The average molecular weight is 402 g/mol. The lowest BCUT2D eigenvalue weighted by Gasteiger charge is -2.20. The van der Waals surface area contributed by atoms with Crippen molar-refractivity contribution in [3.8, 4) is 0 Å². The summed E-state index contributed by atoms with van der Waals surface area (Å²) in [5.41, 5.74) is 2.93. The Morgan fingerprint density at radius 2 is 1.82 bits per heavy atom. The number of nitrogens with one attached hydrogen (secondary N) is 1. The van der Waals surface area contributed by atoms with Gasteiger partial charge in [-0.2, -0.15) is 0 Å². The van der Waals surface area contributed by atoms with Crippen LogP contribution >= 0.6 is 0 Å². The van der Waals surface area contributed by atoms with E-state index in [4.69, 9.17) is 0 Å². The first-order valence-electron chi connectivity index (χ1n) is 9.35. The summed E-state index contributed by atoms with van der Waals surface area (Å²) in [5.74, 6) is -0.129. The maximum absolute atomic E-state index is 13.0. The van der Waals surface area contributed by atoms with E-state index in [9.17, 15) is 13.2 Å². The van der Waals surface area contributed by atoms with Crippen LogP contribution in [0, 0.1) is 13.8 Å². The largest absolute Gasteiger partial charge is 0.380 e. The number of rotatable bonds is 5. The van der Waals surface area contributed by atoms with Crippen molar-refractivity contribution in [1.82, 2.24) is 9.21 Å². The van der Waals surface area contributed by atoms with E-state index in [0.717, 1.165) is 17.7 Å². The zero-order valence-corrected chi connectivity index (χ0v) is 17.6. The number of likely N-dealkylation sites (tertiary alicyclic amines) is 1. The molecule has 1 fully saturated rings. The van der Waals surface area contributed by atoms with Crippen LogP contribution in [0.15, 0.2) is 47.4 Å². The molecule has 6 nitrogen and oxygen atoms in total. The molecule has 2 aromatic carbocycles. The van der Waals surface area contributed by atoms with Gasteiger partial charge in [-0.15, -0.1) is 0 Å². The summed E-state index contributed by atoms with van der Waals surface area (Å²) in [6.07, 6.45) is 0.855. The van der Waals surface area contributed by atoms with Crippen LogP contribution in [0.3, 0.4) is 0 Å². The predicted octanol–water partition coefficient (Wildman–Crippen LogP) is 2.88. The molecule has 0 bridgehead atoms. The molecule has 1 aliphatic rings. The number of sulfonamides is 1. The molecule has 1 saturated heterocycles. The fourth-order valence-corrected chi connectivity index (χ4v) is 4.65. The van der Waals surface area contributed by atoms with Crippen LogP contribution in [0.4, 0.5) is 5.69 Å². The maximum Gasteiger partial charge on any atom is 0.253 e. The minimum Gasteiger partial charge on any atom is -0.380 e. The minimum absolute atomic E-state index is 0.129. The molecular weight excluding hydrogens is 374 g/mol. The van der Waals surface area contributed by atoms with Gasteiger partial charge in [0.2, 0.25) is 10.0 Å². The number of carbonyl (C=O) groups is 1. The van der Waals surface area contributed by atoms with Gasteiger partial charge in [0.15, 0.2) is 0 Å². The summed E-state index contributed by atoms with van der Waals surface area (Å²) in [6.45, 7) is 4.85. The number of carbonyl (C=O) groups excluding carboxylic acids is 1. The summed E-state index contributed by atoms with van der Waals surface area (Å²) >= 11 is 0. The number of hydrogen-bond acceptors (Lipinski definition) is 4. The normalized spacial score (nSPS) is 17.2. The number of para-hydroxylation sites is 1. The van der Waals surface area contributed by atoms with Crippen molar-refractivity contribution in [1.29, 1.82) is 0 Å². The number of aryl methyl sites for hydroxylation is 1. The molecule has 7 heteroatoms. The maximum atomic E-state index is 13.0. The van der Waals surface area contributed by atoms with Crippen LogP contribution in [0.25, 0.3) is 0 Å². The third-order valence-electron chi connectivity index (χ3n) is 5.25. The zero-order valence-electron chi connectivity index (χ0n) is 16.8. The second kappa shape index (κ2) is 7.93.